The van der Waals surface area contributed by atoms with Gasteiger partial charge in [0.05, 0.1) is 31.2 Å². The van der Waals surface area contributed by atoms with E-state index in [0.717, 1.165) is 5.56 Å². The summed E-state index contributed by atoms with van der Waals surface area (Å²) < 4.78 is 16.7. The molecule has 1 amide bonds. The highest BCUT2D eigenvalue weighted by molar-refractivity contribution is 5.99. The lowest BCUT2D eigenvalue weighted by molar-refractivity contribution is 0.0716. The minimum absolute atomic E-state index is 0.109. The Balaban J connectivity index is 1.93. The zero-order chi connectivity index (χ0) is 21.4. The molecule has 4 rings (SSSR count). The first-order valence-electron chi connectivity index (χ1n) is 9.69. The minimum Gasteiger partial charge on any atom is -0.493 e. The third-order valence-electron chi connectivity index (χ3n) is 5.38. The molecule has 7 nitrogen and oxygen atoms in total. The van der Waals surface area contributed by atoms with Crippen molar-refractivity contribution in [1.82, 2.24) is 9.80 Å². The van der Waals surface area contributed by atoms with Crippen molar-refractivity contribution in [2.24, 2.45) is 0 Å². The summed E-state index contributed by atoms with van der Waals surface area (Å²) in [5.74, 6) is 0.941. The highest BCUT2D eigenvalue weighted by Crippen LogP contribution is 2.40. The smallest absolute Gasteiger partial charge is 0.290 e. The summed E-state index contributed by atoms with van der Waals surface area (Å²) in [7, 11) is 7.00. The molecule has 1 aliphatic rings. The molecule has 156 valence electrons. The lowest BCUT2D eigenvalue weighted by Gasteiger charge is -2.27. The van der Waals surface area contributed by atoms with Crippen LogP contribution in [-0.2, 0) is 0 Å². The van der Waals surface area contributed by atoms with Gasteiger partial charge in [-0.1, -0.05) is 18.2 Å². The lowest BCUT2D eigenvalue weighted by Crippen LogP contribution is -2.35. The summed E-state index contributed by atoms with van der Waals surface area (Å²) in [5, 5.41) is 0.462. The summed E-state index contributed by atoms with van der Waals surface area (Å²) in [6.07, 6.45) is 0. The number of ether oxygens (including phenoxy) is 2. The van der Waals surface area contributed by atoms with Gasteiger partial charge in [-0.05, 0) is 43.9 Å². The number of rotatable bonds is 6. The van der Waals surface area contributed by atoms with Crippen LogP contribution in [0.25, 0.3) is 11.0 Å². The molecule has 0 aliphatic carbocycles. The molecule has 7 heteroatoms. The van der Waals surface area contributed by atoms with Gasteiger partial charge < -0.3 is 23.7 Å². The van der Waals surface area contributed by atoms with Crippen LogP contribution >= 0.6 is 0 Å². The van der Waals surface area contributed by atoms with Crippen molar-refractivity contribution in [1.29, 1.82) is 0 Å². The van der Waals surface area contributed by atoms with Gasteiger partial charge in [-0.15, -0.1) is 0 Å². The second kappa shape index (κ2) is 7.84. The van der Waals surface area contributed by atoms with Gasteiger partial charge in [-0.2, -0.15) is 0 Å². The number of amides is 1. The van der Waals surface area contributed by atoms with E-state index in [1.165, 1.54) is 0 Å². The van der Waals surface area contributed by atoms with Gasteiger partial charge in [0, 0.05) is 13.1 Å². The van der Waals surface area contributed by atoms with Gasteiger partial charge >= 0.3 is 0 Å². The van der Waals surface area contributed by atoms with Crippen LogP contribution in [0.5, 0.6) is 11.5 Å². The number of carbonyl (C=O) groups is 1. The molecule has 0 N–H and O–H groups in total. The standard InChI is InChI=1S/C23H24N2O5/c1-24(2)11-12-25-20(14-9-10-17(28-3)18(13-14)29-4)19-21(26)15-7-5-6-8-16(15)30-22(19)23(25)27/h5-10,13,20H,11-12H2,1-4H3/t20-/m1/s1. The van der Waals surface area contributed by atoms with E-state index in [0.29, 0.717) is 41.1 Å². The SMILES string of the molecule is COc1ccc([C@@H]2c3c(oc4ccccc4c3=O)C(=O)N2CCN(C)C)cc1OC. The van der Waals surface area contributed by atoms with Crippen LogP contribution in [0.3, 0.4) is 0 Å². The fourth-order valence-corrected chi connectivity index (χ4v) is 3.87. The molecule has 30 heavy (non-hydrogen) atoms. The Labute approximate surface area is 174 Å². The molecule has 1 aromatic heterocycles. The average Bonchev–Trinajstić information content (AvgIpc) is 3.03. The van der Waals surface area contributed by atoms with Crippen LogP contribution in [0, 0.1) is 0 Å². The molecule has 0 unspecified atom stereocenters. The van der Waals surface area contributed by atoms with Crippen molar-refractivity contribution in [3.63, 3.8) is 0 Å². The monoisotopic (exact) mass is 408 g/mol. The normalized spacial score (nSPS) is 15.7. The Morgan fingerprint density at radius 3 is 2.47 bits per heavy atom. The van der Waals surface area contributed by atoms with Gasteiger partial charge in [0.1, 0.15) is 5.58 Å². The topological polar surface area (TPSA) is 72.2 Å². The van der Waals surface area contributed by atoms with Gasteiger partial charge in [0.2, 0.25) is 5.76 Å². The Kier molecular flexibility index (Phi) is 5.22. The predicted octanol–water partition coefficient (Wildman–Crippen LogP) is 2.92. The van der Waals surface area contributed by atoms with E-state index in [1.807, 2.05) is 31.1 Å². The van der Waals surface area contributed by atoms with E-state index < -0.39 is 6.04 Å². The summed E-state index contributed by atoms with van der Waals surface area (Å²) >= 11 is 0. The first kappa shape index (κ1) is 20.0. The summed E-state index contributed by atoms with van der Waals surface area (Å²) in [4.78, 5) is 30.4. The molecule has 3 aromatic rings. The van der Waals surface area contributed by atoms with E-state index >= 15 is 0 Å². The van der Waals surface area contributed by atoms with E-state index in [9.17, 15) is 9.59 Å². The number of methoxy groups -OCH3 is 2. The zero-order valence-electron chi connectivity index (χ0n) is 17.5. The first-order valence-corrected chi connectivity index (χ1v) is 9.69. The molecule has 1 aliphatic heterocycles. The highest BCUT2D eigenvalue weighted by Gasteiger charge is 2.42. The Hall–Kier alpha value is -3.32. The average molecular weight is 408 g/mol. The summed E-state index contributed by atoms with van der Waals surface area (Å²) in [6.45, 7) is 1.10. The van der Waals surface area contributed by atoms with Crippen LogP contribution in [0.15, 0.2) is 51.7 Å². The number of likely N-dealkylation sites (N-methyl/N-ethyl adjacent to an activating group) is 1. The van der Waals surface area contributed by atoms with E-state index in [1.54, 1.807) is 49.5 Å². The van der Waals surface area contributed by atoms with Crippen molar-refractivity contribution in [2.75, 3.05) is 41.4 Å². The zero-order valence-corrected chi connectivity index (χ0v) is 17.5. The Morgan fingerprint density at radius 2 is 1.77 bits per heavy atom. The van der Waals surface area contributed by atoms with E-state index in [2.05, 4.69) is 0 Å². The molecule has 0 bridgehead atoms. The Bertz CT molecular complexity index is 1170. The quantitative estimate of drug-likeness (QED) is 0.625. The number of hydrogen-bond acceptors (Lipinski definition) is 6. The van der Waals surface area contributed by atoms with Crippen LogP contribution in [0.2, 0.25) is 0 Å². The maximum atomic E-state index is 13.4. The van der Waals surface area contributed by atoms with Gasteiger partial charge in [-0.25, -0.2) is 0 Å². The molecular formula is C23H24N2O5. The number of hydrogen-bond donors (Lipinski definition) is 0. The third kappa shape index (κ3) is 3.21. The van der Waals surface area contributed by atoms with Crippen LogP contribution in [0.1, 0.15) is 27.7 Å². The molecule has 0 fully saturated rings. The number of para-hydroxylation sites is 1. The highest BCUT2D eigenvalue weighted by atomic mass is 16.5. The summed E-state index contributed by atoms with van der Waals surface area (Å²) in [6, 6.07) is 11.9. The van der Waals surface area contributed by atoms with Crippen molar-refractivity contribution in [2.45, 2.75) is 6.04 Å². The van der Waals surface area contributed by atoms with Crippen molar-refractivity contribution in [3.05, 3.63) is 69.6 Å². The number of nitrogens with zero attached hydrogens (tertiary/aromatic N) is 2. The van der Waals surface area contributed by atoms with Gasteiger partial charge in [0.15, 0.2) is 16.9 Å². The van der Waals surface area contributed by atoms with E-state index in [4.69, 9.17) is 13.9 Å². The predicted molar refractivity (Wildman–Crippen MR) is 113 cm³/mol. The molecule has 0 radical (unpaired) electrons. The van der Waals surface area contributed by atoms with Crippen LogP contribution in [-0.4, -0.2) is 57.1 Å². The largest absolute Gasteiger partial charge is 0.493 e. The fourth-order valence-electron chi connectivity index (χ4n) is 3.87. The van der Waals surface area contributed by atoms with E-state index in [-0.39, 0.29) is 17.1 Å². The van der Waals surface area contributed by atoms with Crippen LogP contribution < -0.4 is 14.9 Å². The number of fused-ring (bicyclic) bond motifs is 2. The molecule has 1 atom stereocenters. The van der Waals surface area contributed by atoms with Gasteiger partial charge in [-0.3, -0.25) is 9.59 Å². The minimum atomic E-state index is -0.562. The molecule has 0 spiro atoms. The van der Waals surface area contributed by atoms with Crippen molar-refractivity contribution >= 4 is 16.9 Å². The van der Waals surface area contributed by atoms with Crippen molar-refractivity contribution < 1.29 is 18.7 Å². The molecule has 2 heterocycles. The molecule has 0 saturated carbocycles. The number of benzene rings is 2. The Morgan fingerprint density at radius 1 is 1.03 bits per heavy atom. The maximum Gasteiger partial charge on any atom is 0.290 e. The molecular weight excluding hydrogens is 384 g/mol. The maximum absolute atomic E-state index is 13.4. The molecule has 0 saturated heterocycles. The number of carbonyl (C=O) groups excluding carboxylic acids is 1. The van der Waals surface area contributed by atoms with Crippen molar-refractivity contribution in [3.8, 4) is 11.5 Å². The fraction of sp³-hybridized carbons (Fsp3) is 0.304. The first-order chi connectivity index (χ1) is 14.5. The third-order valence-corrected chi connectivity index (χ3v) is 5.38. The summed E-state index contributed by atoms with van der Waals surface area (Å²) in [5.41, 5.74) is 1.35. The lowest BCUT2D eigenvalue weighted by atomic mass is 9.98. The van der Waals surface area contributed by atoms with Gasteiger partial charge in [0.25, 0.3) is 5.91 Å². The molecule has 2 aromatic carbocycles. The second-order valence-electron chi connectivity index (χ2n) is 7.49. The second-order valence-corrected chi connectivity index (χ2v) is 7.49. The van der Waals surface area contributed by atoms with Crippen LogP contribution in [0.4, 0.5) is 0 Å².